The van der Waals surface area contributed by atoms with E-state index in [0.717, 1.165) is 51.8 Å². The van der Waals surface area contributed by atoms with E-state index in [9.17, 15) is 0 Å². The van der Waals surface area contributed by atoms with Crippen LogP contribution in [0.15, 0.2) is 0 Å². The SMILES string of the molecule is C#CCCCCOC1CCNCC1. The minimum absolute atomic E-state index is 0.493. The highest BCUT2D eigenvalue weighted by Gasteiger charge is 2.12. The Morgan fingerprint density at radius 2 is 2.08 bits per heavy atom. The fourth-order valence-corrected chi connectivity index (χ4v) is 1.54. The Morgan fingerprint density at radius 1 is 1.31 bits per heavy atom. The molecule has 13 heavy (non-hydrogen) atoms. The van der Waals surface area contributed by atoms with E-state index in [2.05, 4.69) is 11.2 Å². The van der Waals surface area contributed by atoms with Crippen molar-refractivity contribution in [2.24, 2.45) is 0 Å². The zero-order chi connectivity index (χ0) is 9.36. The average molecular weight is 181 g/mol. The number of hydrogen-bond acceptors (Lipinski definition) is 2. The van der Waals surface area contributed by atoms with Gasteiger partial charge in [-0.05, 0) is 38.8 Å². The van der Waals surface area contributed by atoms with Crippen LogP contribution < -0.4 is 5.32 Å². The molecule has 0 aliphatic carbocycles. The molecule has 2 heteroatoms. The topological polar surface area (TPSA) is 21.3 Å². The minimum atomic E-state index is 0.493. The molecule has 1 saturated heterocycles. The van der Waals surface area contributed by atoms with Crippen LogP contribution in [0.4, 0.5) is 0 Å². The molecular formula is C11H19NO. The quantitative estimate of drug-likeness (QED) is 0.513. The van der Waals surface area contributed by atoms with Crippen molar-refractivity contribution in [3.05, 3.63) is 0 Å². The van der Waals surface area contributed by atoms with E-state index in [0.29, 0.717) is 6.10 Å². The molecule has 1 heterocycles. The van der Waals surface area contributed by atoms with Crippen LogP contribution in [0.2, 0.25) is 0 Å². The van der Waals surface area contributed by atoms with Gasteiger partial charge in [-0.2, -0.15) is 0 Å². The van der Waals surface area contributed by atoms with Gasteiger partial charge in [-0.25, -0.2) is 0 Å². The molecule has 0 radical (unpaired) electrons. The number of rotatable bonds is 5. The number of unbranched alkanes of at least 4 members (excludes halogenated alkanes) is 2. The molecule has 0 atom stereocenters. The summed E-state index contributed by atoms with van der Waals surface area (Å²) in [5, 5.41) is 3.32. The largest absolute Gasteiger partial charge is 0.378 e. The van der Waals surface area contributed by atoms with Gasteiger partial charge in [0.2, 0.25) is 0 Å². The molecule has 1 aliphatic heterocycles. The summed E-state index contributed by atoms with van der Waals surface area (Å²) in [6.07, 6.45) is 11.1. The Balaban J connectivity index is 1.90. The minimum Gasteiger partial charge on any atom is -0.378 e. The first-order chi connectivity index (χ1) is 6.43. The lowest BCUT2D eigenvalue weighted by atomic mass is 10.1. The maximum Gasteiger partial charge on any atom is 0.0599 e. The third-order valence-electron chi connectivity index (χ3n) is 2.36. The highest BCUT2D eigenvalue weighted by Crippen LogP contribution is 2.08. The zero-order valence-electron chi connectivity index (χ0n) is 8.22. The number of piperidine rings is 1. The van der Waals surface area contributed by atoms with Crippen molar-refractivity contribution in [2.45, 2.75) is 38.2 Å². The predicted molar refractivity (Wildman–Crippen MR) is 54.5 cm³/mol. The summed E-state index contributed by atoms with van der Waals surface area (Å²) in [5.74, 6) is 2.64. The van der Waals surface area contributed by atoms with Crippen molar-refractivity contribution >= 4 is 0 Å². The van der Waals surface area contributed by atoms with Crippen LogP contribution in [0, 0.1) is 12.3 Å². The van der Waals surface area contributed by atoms with Gasteiger partial charge in [0, 0.05) is 13.0 Å². The van der Waals surface area contributed by atoms with Crippen molar-refractivity contribution < 1.29 is 4.74 Å². The van der Waals surface area contributed by atoms with E-state index in [1.54, 1.807) is 0 Å². The van der Waals surface area contributed by atoms with E-state index in [-0.39, 0.29) is 0 Å². The Bertz CT molecular complexity index is 156. The molecule has 0 saturated carbocycles. The fraction of sp³-hybridized carbons (Fsp3) is 0.818. The molecule has 0 amide bonds. The molecule has 1 N–H and O–H groups in total. The predicted octanol–water partition coefficient (Wildman–Crippen LogP) is 1.56. The summed E-state index contributed by atoms with van der Waals surface area (Å²) in [6, 6.07) is 0. The van der Waals surface area contributed by atoms with E-state index < -0.39 is 0 Å². The molecule has 0 aromatic carbocycles. The van der Waals surface area contributed by atoms with Gasteiger partial charge in [0.25, 0.3) is 0 Å². The van der Waals surface area contributed by atoms with Crippen LogP contribution in [0.1, 0.15) is 32.1 Å². The summed E-state index contributed by atoms with van der Waals surface area (Å²) < 4.78 is 5.72. The summed E-state index contributed by atoms with van der Waals surface area (Å²) in [7, 11) is 0. The van der Waals surface area contributed by atoms with Gasteiger partial charge in [0.05, 0.1) is 6.10 Å². The third kappa shape index (κ3) is 4.92. The van der Waals surface area contributed by atoms with Crippen molar-refractivity contribution in [3.63, 3.8) is 0 Å². The average Bonchev–Trinajstić information content (AvgIpc) is 2.19. The van der Waals surface area contributed by atoms with Gasteiger partial charge < -0.3 is 10.1 Å². The summed E-state index contributed by atoms with van der Waals surface area (Å²) in [5.41, 5.74) is 0. The fourth-order valence-electron chi connectivity index (χ4n) is 1.54. The molecule has 1 rings (SSSR count). The molecule has 0 aromatic heterocycles. The Morgan fingerprint density at radius 3 is 2.77 bits per heavy atom. The molecule has 0 spiro atoms. The number of terminal acetylenes is 1. The van der Waals surface area contributed by atoms with Crippen molar-refractivity contribution in [1.82, 2.24) is 5.32 Å². The van der Waals surface area contributed by atoms with Crippen LogP contribution in [-0.2, 0) is 4.74 Å². The van der Waals surface area contributed by atoms with E-state index in [4.69, 9.17) is 11.2 Å². The van der Waals surface area contributed by atoms with Crippen molar-refractivity contribution in [2.75, 3.05) is 19.7 Å². The van der Waals surface area contributed by atoms with Crippen molar-refractivity contribution in [1.29, 1.82) is 0 Å². The van der Waals surface area contributed by atoms with E-state index in [1.807, 2.05) is 0 Å². The van der Waals surface area contributed by atoms with Crippen LogP contribution in [0.5, 0.6) is 0 Å². The van der Waals surface area contributed by atoms with Crippen LogP contribution >= 0.6 is 0 Å². The van der Waals surface area contributed by atoms with Gasteiger partial charge >= 0.3 is 0 Å². The third-order valence-corrected chi connectivity index (χ3v) is 2.36. The molecule has 1 fully saturated rings. The number of nitrogens with one attached hydrogen (secondary N) is 1. The summed E-state index contributed by atoms with van der Waals surface area (Å²) >= 11 is 0. The maximum absolute atomic E-state index is 5.72. The van der Waals surface area contributed by atoms with Crippen LogP contribution in [0.3, 0.4) is 0 Å². The normalized spacial score (nSPS) is 18.4. The second kappa shape index (κ2) is 6.94. The zero-order valence-corrected chi connectivity index (χ0v) is 8.22. The molecule has 0 aromatic rings. The highest BCUT2D eigenvalue weighted by atomic mass is 16.5. The summed E-state index contributed by atoms with van der Waals surface area (Å²) in [6.45, 7) is 3.09. The molecule has 74 valence electrons. The Labute approximate surface area is 81.0 Å². The molecular weight excluding hydrogens is 162 g/mol. The lowest BCUT2D eigenvalue weighted by Gasteiger charge is -2.22. The molecule has 0 unspecified atom stereocenters. The maximum atomic E-state index is 5.72. The molecule has 0 bridgehead atoms. The molecule has 1 aliphatic rings. The first-order valence-corrected chi connectivity index (χ1v) is 5.19. The lowest BCUT2D eigenvalue weighted by Crippen LogP contribution is -2.32. The Hall–Kier alpha value is -0.520. The number of ether oxygens (including phenoxy) is 1. The van der Waals surface area contributed by atoms with E-state index >= 15 is 0 Å². The standard InChI is InChI=1S/C11H19NO/c1-2-3-4-5-10-13-11-6-8-12-9-7-11/h1,11-12H,3-10H2. The Kier molecular flexibility index (Phi) is 5.64. The second-order valence-electron chi connectivity index (χ2n) is 3.48. The number of hydrogen-bond donors (Lipinski definition) is 1. The first kappa shape index (κ1) is 10.6. The van der Waals surface area contributed by atoms with Gasteiger partial charge in [0.1, 0.15) is 0 Å². The van der Waals surface area contributed by atoms with Gasteiger partial charge in [-0.3, -0.25) is 0 Å². The second-order valence-corrected chi connectivity index (χ2v) is 3.48. The first-order valence-electron chi connectivity index (χ1n) is 5.19. The van der Waals surface area contributed by atoms with Gasteiger partial charge in [0.15, 0.2) is 0 Å². The monoisotopic (exact) mass is 181 g/mol. The van der Waals surface area contributed by atoms with E-state index in [1.165, 1.54) is 0 Å². The highest BCUT2D eigenvalue weighted by molar-refractivity contribution is 4.82. The lowest BCUT2D eigenvalue weighted by molar-refractivity contribution is 0.0311. The summed E-state index contributed by atoms with van der Waals surface area (Å²) in [4.78, 5) is 0. The molecule has 2 nitrogen and oxygen atoms in total. The van der Waals surface area contributed by atoms with Crippen LogP contribution in [0.25, 0.3) is 0 Å². The van der Waals surface area contributed by atoms with Crippen LogP contribution in [-0.4, -0.2) is 25.8 Å². The van der Waals surface area contributed by atoms with Crippen molar-refractivity contribution in [3.8, 4) is 12.3 Å². The van der Waals surface area contributed by atoms with Gasteiger partial charge in [-0.15, -0.1) is 12.3 Å². The van der Waals surface area contributed by atoms with Gasteiger partial charge in [-0.1, -0.05) is 0 Å². The smallest absolute Gasteiger partial charge is 0.0599 e.